The lowest BCUT2D eigenvalue weighted by Crippen LogP contribution is -1.96. The number of para-hydroxylation sites is 1. The van der Waals surface area contributed by atoms with Crippen LogP contribution in [0.15, 0.2) is 48.8 Å². The van der Waals surface area contributed by atoms with E-state index >= 15 is 0 Å². The third-order valence-electron chi connectivity index (χ3n) is 2.49. The number of benzene rings is 1. The molecular weight excluding hydrogens is 255 g/mol. The summed E-state index contributed by atoms with van der Waals surface area (Å²) >= 11 is 0. The molecule has 1 aromatic carbocycles. The molecule has 0 radical (unpaired) electrons. The van der Waals surface area contributed by atoms with Crippen LogP contribution in [0.2, 0.25) is 0 Å². The maximum atomic E-state index is 5.87. The molecule has 1 heterocycles. The average molecular weight is 271 g/mol. The molecule has 2 aromatic rings. The Bertz CT molecular complexity index is 432. The van der Waals surface area contributed by atoms with Crippen molar-refractivity contribution in [3.63, 3.8) is 0 Å². The Kier molecular flexibility index (Phi) is 7.35. The molecule has 0 saturated heterocycles. The molecule has 2 nitrogen and oxygen atoms in total. The first-order valence-electron chi connectivity index (χ1n) is 5.08. The lowest BCUT2D eigenvalue weighted by molar-refractivity contribution is 0.958. The molecule has 0 spiro atoms. The molecule has 0 aliphatic carbocycles. The molecule has 0 bridgehead atoms. The van der Waals surface area contributed by atoms with Crippen molar-refractivity contribution < 1.29 is 0 Å². The standard InChI is InChI=1S/C13H14N2.2ClH/c14-13-4-2-1-3-12(13)6-5-11-7-9-15-10-8-11;;/h1-4,7-10H,5-6,14H2;2*1H. The molecule has 17 heavy (non-hydrogen) atoms. The molecule has 1 aromatic heterocycles. The van der Waals surface area contributed by atoms with Crippen molar-refractivity contribution in [1.82, 2.24) is 4.98 Å². The highest BCUT2D eigenvalue weighted by molar-refractivity contribution is 5.85. The van der Waals surface area contributed by atoms with Crippen LogP contribution in [0.3, 0.4) is 0 Å². The number of halogens is 2. The van der Waals surface area contributed by atoms with Crippen LogP contribution in [0.4, 0.5) is 5.69 Å². The number of anilines is 1. The first kappa shape index (κ1) is 15.8. The lowest BCUT2D eigenvalue weighted by atomic mass is 10.0. The van der Waals surface area contributed by atoms with Gasteiger partial charge in [-0.15, -0.1) is 24.8 Å². The maximum Gasteiger partial charge on any atom is 0.0346 e. The van der Waals surface area contributed by atoms with Crippen molar-refractivity contribution in [2.45, 2.75) is 12.8 Å². The van der Waals surface area contributed by atoms with Crippen molar-refractivity contribution in [2.75, 3.05) is 5.73 Å². The van der Waals surface area contributed by atoms with Gasteiger partial charge >= 0.3 is 0 Å². The second-order valence-electron chi connectivity index (χ2n) is 3.55. The SMILES string of the molecule is Cl.Cl.Nc1ccccc1CCc1ccncc1. The summed E-state index contributed by atoms with van der Waals surface area (Å²) in [5, 5.41) is 0. The van der Waals surface area contributed by atoms with Crippen LogP contribution in [-0.2, 0) is 12.8 Å². The van der Waals surface area contributed by atoms with Gasteiger partial charge in [-0.3, -0.25) is 4.98 Å². The Hall–Kier alpha value is -1.25. The number of aryl methyl sites for hydroxylation is 2. The summed E-state index contributed by atoms with van der Waals surface area (Å²) in [4.78, 5) is 3.99. The highest BCUT2D eigenvalue weighted by atomic mass is 35.5. The van der Waals surface area contributed by atoms with Crippen LogP contribution in [0, 0.1) is 0 Å². The fourth-order valence-corrected chi connectivity index (χ4v) is 1.59. The van der Waals surface area contributed by atoms with Gasteiger partial charge in [0.15, 0.2) is 0 Å². The highest BCUT2D eigenvalue weighted by Gasteiger charge is 1.98. The van der Waals surface area contributed by atoms with Crippen LogP contribution in [0.25, 0.3) is 0 Å². The van der Waals surface area contributed by atoms with Gasteiger partial charge < -0.3 is 5.73 Å². The van der Waals surface area contributed by atoms with Gasteiger partial charge in [-0.25, -0.2) is 0 Å². The van der Waals surface area contributed by atoms with Gasteiger partial charge in [0.1, 0.15) is 0 Å². The predicted molar refractivity (Wildman–Crippen MR) is 77.0 cm³/mol. The van der Waals surface area contributed by atoms with Crippen LogP contribution >= 0.6 is 24.8 Å². The molecule has 0 atom stereocenters. The Morgan fingerprint density at radius 2 is 1.53 bits per heavy atom. The van der Waals surface area contributed by atoms with E-state index in [4.69, 9.17) is 5.73 Å². The monoisotopic (exact) mass is 270 g/mol. The van der Waals surface area contributed by atoms with Crippen LogP contribution in [0.5, 0.6) is 0 Å². The fourth-order valence-electron chi connectivity index (χ4n) is 1.59. The largest absolute Gasteiger partial charge is 0.399 e. The zero-order valence-electron chi connectivity index (χ0n) is 9.37. The van der Waals surface area contributed by atoms with Gasteiger partial charge in [0.2, 0.25) is 0 Å². The normalized spacial score (nSPS) is 8.94. The summed E-state index contributed by atoms with van der Waals surface area (Å²) in [7, 11) is 0. The van der Waals surface area contributed by atoms with Crippen molar-refractivity contribution in [3.05, 3.63) is 59.9 Å². The van der Waals surface area contributed by atoms with Crippen molar-refractivity contribution in [1.29, 1.82) is 0 Å². The van der Waals surface area contributed by atoms with E-state index in [-0.39, 0.29) is 24.8 Å². The molecule has 0 aliphatic heterocycles. The van der Waals surface area contributed by atoms with E-state index in [1.807, 2.05) is 42.7 Å². The summed E-state index contributed by atoms with van der Waals surface area (Å²) in [6, 6.07) is 12.1. The van der Waals surface area contributed by atoms with Gasteiger partial charge in [-0.2, -0.15) is 0 Å². The molecule has 0 unspecified atom stereocenters. The van der Waals surface area contributed by atoms with Crippen molar-refractivity contribution >= 4 is 30.5 Å². The van der Waals surface area contributed by atoms with Crippen LogP contribution in [0.1, 0.15) is 11.1 Å². The number of aromatic nitrogens is 1. The summed E-state index contributed by atoms with van der Waals surface area (Å²) in [5.74, 6) is 0. The number of hydrogen-bond donors (Lipinski definition) is 1. The smallest absolute Gasteiger partial charge is 0.0346 e. The molecule has 4 heteroatoms. The maximum absolute atomic E-state index is 5.87. The highest BCUT2D eigenvalue weighted by Crippen LogP contribution is 2.13. The second-order valence-corrected chi connectivity index (χ2v) is 3.55. The lowest BCUT2D eigenvalue weighted by Gasteiger charge is -2.04. The third-order valence-corrected chi connectivity index (χ3v) is 2.49. The van der Waals surface area contributed by atoms with Gasteiger partial charge in [0.25, 0.3) is 0 Å². The van der Waals surface area contributed by atoms with E-state index < -0.39 is 0 Å². The topological polar surface area (TPSA) is 38.9 Å². The van der Waals surface area contributed by atoms with E-state index in [1.54, 1.807) is 0 Å². The quantitative estimate of drug-likeness (QED) is 0.870. The minimum absolute atomic E-state index is 0. The van der Waals surface area contributed by atoms with E-state index in [9.17, 15) is 0 Å². The second kappa shape index (κ2) is 7.93. The summed E-state index contributed by atoms with van der Waals surface area (Å²) < 4.78 is 0. The fraction of sp³-hybridized carbons (Fsp3) is 0.154. The third kappa shape index (κ3) is 4.63. The summed E-state index contributed by atoms with van der Waals surface area (Å²) in [6.45, 7) is 0. The molecule has 0 aliphatic rings. The minimum Gasteiger partial charge on any atom is -0.399 e. The van der Waals surface area contributed by atoms with Gasteiger partial charge in [0.05, 0.1) is 0 Å². The molecule has 0 saturated carbocycles. The first-order valence-corrected chi connectivity index (χ1v) is 5.08. The number of nitrogens with zero attached hydrogens (tertiary/aromatic N) is 1. The Morgan fingerprint density at radius 3 is 2.18 bits per heavy atom. The molecule has 2 N–H and O–H groups in total. The molecule has 0 fully saturated rings. The molecule has 0 amide bonds. The number of nitrogen functional groups attached to an aromatic ring is 1. The van der Waals surface area contributed by atoms with Gasteiger partial charge in [-0.05, 0) is 42.2 Å². The minimum atomic E-state index is 0. The Labute approximate surface area is 114 Å². The van der Waals surface area contributed by atoms with E-state index in [1.165, 1.54) is 11.1 Å². The van der Waals surface area contributed by atoms with Gasteiger partial charge in [0, 0.05) is 18.1 Å². The summed E-state index contributed by atoms with van der Waals surface area (Å²) in [5.41, 5.74) is 9.27. The number of hydrogen-bond acceptors (Lipinski definition) is 2. The van der Waals surface area contributed by atoms with E-state index in [2.05, 4.69) is 11.1 Å². The van der Waals surface area contributed by atoms with Crippen molar-refractivity contribution in [2.24, 2.45) is 0 Å². The molecule has 2 rings (SSSR count). The Balaban J connectivity index is 0.00000128. The number of nitrogens with two attached hydrogens (primary N) is 1. The molecule has 92 valence electrons. The van der Waals surface area contributed by atoms with Crippen molar-refractivity contribution in [3.8, 4) is 0 Å². The Morgan fingerprint density at radius 1 is 0.882 bits per heavy atom. The zero-order valence-corrected chi connectivity index (χ0v) is 11.0. The van der Waals surface area contributed by atoms with Crippen LogP contribution in [-0.4, -0.2) is 4.98 Å². The zero-order chi connectivity index (χ0) is 10.5. The van der Waals surface area contributed by atoms with Crippen LogP contribution < -0.4 is 5.73 Å². The predicted octanol–water partition coefficient (Wildman–Crippen LogP) is 3.29. The average Bonchev–Trinajstić information content (AvgIpc) is 2.29. The number of rotatable bonds is 3. The van der Waals surface area contributed by atoms with E-state index in [0.29, 0.717) is 0 Å². The number of pyridine rings is 1. The van der Waals surface area contributed by atoms with E-state index in [0.717, 1.165) is 18.5 Å². The van der Waals surface area contributed by atoms with Gasteiger partial charge in [-0.1, -0.05) is 18.2 Å². The molecular formula is C13H16Cl2N2. The summed E-state index contributed by atoms with van der Waals surface area (Å²) in [6.07, 6.45) is 5.64. The first-order chi connectivity index (χ1) is 7.36.